The second-order valence-electron chi connectivity index (χ2n) is 4.46. The van der Waals surface area contributed by atoms with Crippen LogP contribution in [-0.4, -0.2) is 17.6 Å². The van der Waals surface area contributed by atoms with Crippen LogP contribution in [0.1, 0.15) is 31.7 Å². The number of hydrogen-bond acceptors (Lipinski definition) is 4. The van der Waals surface area contributed by atoms with Gasteiger partial charge >= 0.3 is 5.97 Å². The van der Waals surface area contributed by atoms with Crippen molar-refractivity contribution in [2.45, 2.75) is 26.2 Å². The Morgan fingerprint density at radius 1 is 1.56 bits per heavy atom. The molecule has 2 N–H and O–H groups in total. The molecule has 0 aliphatic heterocycles. The lowest BCUT2D eigenvalue weighted by Crippen LogP contribution is -2.19. The SMILES string of the molecule is CCOC(=O)C1CC=C(c2cncc(N)c2)CC1. The zero-order valence-corrected chi connectivity index (χ0v) is 10.6. The molecule has 0 spiro atoms. The van der Waals surface area contributed by atoms with Crippen LogP contribution in [0.2, 0.25) is 0 Å². The molecule has 2 rings (SSSR count). The Balaban J connectivity index is 2.05. The zero-order valence-electron chi connectivity index (χ0n) is 10.6. The number of nitrogens with zero attached hydrogens (tertiary/aromatic N) is 1. The lowest BCUT2D eigenvalue weighted by atomic mass is 9.87. The second kappa shape index (κ2) is 5.67. The third kappa shape index (κ3) is 2.88. The maximum absolute atomic E-state index is 11.6. The van der Waals surface area contributed by atoms with Crippen LogP contribution in [-0.2, 0) is 9.53 Å². The van der Waals surface area contributed by atoms with Crippen molar-refractivity contribution >= 4 is 17.2 Å². The van der Waals surface area contributed by atoms with Gasteiger partial charge in [-0.15, -0.1) is 0 Å². The fourth-order valence-corrected chi connectivity index (χ4v) is 2.20. The molecular weight excluding hydrogens is 228 g/mol. The Morgan fingerprint density at radius 3 is 3.00 bits per heavy atom. The summed E-state index contributed by atoms with van der Waals surface area (Å²) in [5.74, 6) is -0.0822. The fraction of sp³-hybridized carbons (Fsp3) is 0.429. The lowest BCUT2D eigenvalue weighted by Gasteiger charge is -2.20. The van der Waals surface area contributed by atoms with E-state index in [1.54, 1.807) is 6.20 Å². The number of aromatic nitrogens is 1. The molecule has 0 radical (unpaired) electrons. The number of pyridine rings is 1. The predicted molar refractivity (Wildman–Crippen MR) is 70.6 cm³/mol. The monoisotopic (exact) mass is 246 g/mol. The molecule has 0 bridgehead atoms. The molecule has 1 aliphatic rings. The first-order valence-corrected chi connectivity index (χ1v) is 6.27. The number of carbonyl (C=O) groups excluding carboxylic acids is 1. The molecular formula is C14H18N2O2. The Bertz CT molecular complexity index is 469. The number of carbonyl (C=O) groups is 1. The van der Waals surface area contributed by atoms with E-state index in [9.17, 15) is 4.79 Å². The van der Waals surface area contributed by atoms with E-state index in [1.807, 2.05) is 19.2 Å². The summed E-state index contributed by atoms with van der Waals surface area (Å²) in [6.07, 6.45) is 7.99. The van der Waals surface area contributed by atoms with Crippen molar-refractivity contribution in [3.05, 3.63) is 30.1 Å². The molecule has 18 heavy (non-hydrogen) atoms. The average Bonchev–Trinajstić information content (AvgIpc) is 2.39. The minimum absolute atomic E-state index is 0.00252. The smallest absolute Gasteiger partial charge is 0.309 e. The third-order valence-electron chi connectivity index (χ3n) is 3.16. The summed E-state index contributed by atoms with van der Waals surface area (Å²) in [4.78, 5) is 15.7. The number of nitrogen functional groups attached to an aromatic ring is 1. The minimum atomic E-state index is -0.0847. The summed E-state index contributed by atoms with van der Waals surface area (Å²) in [6.45, 7) is 2.28. The van der Waals surface area contributed by atoms with Gasteiger partial charge in [-0.25, -0.2) is 0 Å². The van der Waals surface area contributed by atoms with E-state index in [-0.39, 0.29) is 11.9 Å². The van der Waals surface area contributed by atoms with Gasteiger partial charge < -0.3 is 10.5 Å². The molecule has 0 amide bonds. The molecule has 96 valence electrons. The summed E-state index contributed by atoms with van der Waals surface area (Å²) in [7, 11) is 0. The van der Waals surface area contributed by atoms with E-state index in [0.717, 1.165) is 24.8 Å². The van der Waals surface area contributed by atoms with Crippen LogP contribution >= 0.6 is 0 Å². The van der Waals surface area contributed by atoms with Crippen LogP contribution in [0.25, 0.3) is 5.57 Å². The van der Waals surface area contributed by atoms with Crippen molar-refractivity contribution in [1.82, 2.24) is 4.98 Å². The first-order chi connectivity index (χ1) is 8.70. The molecule has 1 aromatic heterocycles. The van der Waals surface area contributed by atoms with Crippen molar-refractivity contribution in [3.63, 3.8) is 0 Å². The quantitative estimate of drug-likeness (QED) is 0.832. The van der Waals surface area contributed by atoms with Gasteiger partial charge in [-0.2, -0.15) is 0 Å². The Morgan fingerprint density at radius 2 is 2.39 bits per heavy atom. The fourth-order valence-electron chi connectivity index (χ4n) is 2.20. The first-order valence-electron chi connectivity index (χ1n) is 6.27. The summed E-state index contributed by atoms with van der Waals surface area (Å²) < 4.78 is 5.04. The summed E-state index contributed by atoms with van der Waals surface area (Å²) in [6, 6.07) is 1.92. The lowest BCUT2D eigenvalue weighted by molar-refractivity contribution is -0.148. The maximum atomic E-state index is 11.6. The van der Waals surface area contributed by atoms with E-state index in [2.05, 4.69) is 11.1 Å². The molecule has 4 nitrogen and oxygen atoms in total. The number of nitrogens with two attached hydrogens (primary N) is 1. The Hall–Kier alpha value is -1.84. The molecule has 0 aromatic carbocycles. The number of allylic oxidation sites excluding steroid dienone is 2. The summed E-state index contributed by atoms with van der Waals surface area (Å²) >= 11 is 0. The second-order valence-corrected chi connectivity index (χ2v) is 4.46. The van der Waals surface area contributed by atoms with E-state index >= 15 is 0 Å². The standard InChI is InChI=1S/C14H18N2O2/c1-2-18-14(17)11-5-3-10(4-6-11)12-7-13(15)9-16-8-12/h3,7-9,11H,2,4-6,15H2,1H3. The number of anilines is 1. The third-order valence-corrected chi connectivity index (χ3v) is 3.16. The Labute approximate surface area is 107 Å². The number of rotatable bonds is 3. The largest absolute Gasteiger partial charge is 0.466 e. The van der Waals surface area contributed by atoms with Crippen molar-refractivity contribution in [2.75, 3.05) is 12.3 Å². The summed E-state index contributed by atoms with van der Waals surface area (Å²) in [5, 5.41) is 0. The van der Waals surface area contributed by atoms with Crippen molar-refractivity contribution in [2.24, 2.45) is 5.92 Å². The van der Waals surface area contributed by atoms with E-state index in [4.69, 9.17) is 10.5 Å². The molecule has 1 heterocycles. The Kier molecular flexibility index (Phi) is 3.97. The van der Waals surface area contributed by atoms with Crippen LogP contribution < -0.4 is 5.73 Å². The maximum Gasteiger partial charge on any atom is 0.309 e. The highest BCUT2D eigenvalue weighted by molar-refractivity contribution is 5.76. The van der Waals surface area contributed by atoms with E-state index < -0.39 is 0 Å². The van der Waals surface area contributed by atoms with Crippen LogP contribution in [0.5, 0.6) is 0 Å². The minimum Gasteiger partial charge on any atom is -0.466 e. The topological polar surface area (TPSA) is 65.2 Å². The highest BCUT2D eigenvalue weighted by Gasteiger charge is 2.23. The van der Waals surface area contributed by atoms with Crippen LogP contribution in [0.15, 0.2) is 24.5 Å². The average molecular weight is 246 g/mol. The summed E-state index contributed by atoms with van der Waals surface area (Å²) in [5.41, 5.74) is 8.66. The predicted octanol–water partition coefficient (Wildman–Crippen LogP) is 2.41. The number of esters is 1. The van der Waals surface area contributed by atoms with Gasteiger partial charge in [-0.05, 0) is 43.4 Å². The highest BCUT2D eigenvalue weighted by atomic mass is 16.5. The van der Waals surface area contributed by atoms with Crippen LogP contribution in [0.4, 0.5) is 5.69 Å². The van der Waals surface area contributed by atoms with Gasteiger partial charge in [0, 0.05) is 12.4 Å². The van der Waals surface area contributed by atoms with Crippen molar-refractivity contribution in [1.29, 1.82) is 0 Å². The molecule has 1 atom stereocenters. The van der Waals surface area contributed by atoms with Gasteiger partial charge in [-0.3, -0.25) is 9.78 Å². The zero-order chi connectivity index (χ0) is 13.0. The molecule has 1 aliphatic carbocycles. The molecule has 0 saturated carbocycles. The molecule has 0 saturated heterocycles. The van der Waals surface area contributed by atoms with Gasteiger partial charge in [0.1, 0.15) is 0 Å². The van der Waals surface area contributed by atoms with Crippen molar-refractivity contribution in [3.8, 4) is 0 Å². The van der Waals surface area contributed by atoms with Gasteiger partial charge in [0.15, 0.2) is 0 Å². The van der Waals surface area contributed by atoms with Crippen LogP contribution in [0.3, 0.4) is 0 Å². The molecule has 1 aromatic rings. The molecule has 4 heteroatoms. The highest BCUT2D eigenvalue weighted by Crippen LogP contribution is 2.31. The van der Waals surface area contributed by atoms with E-state index in [1.165, 1.54) is 5.57 Å². The molecule has 1 unspecified atom stereocenters. The van der Waals surface area contributed by atoms with E-state index in [0.29, 0.717) is 12.3 Å². The van der Waals surface area contributed by atoms with Gasteiger partial charge in [0.2, 0.25) is 0 Å². The normalized spacial score (nSPS) is 19.2. The van der Waals surface area contributed by atoms with Crippen LogP contribution in [0, 0.1) is 5.92 Å². The van der Waals surface area contributed by atoms with Gasteiger partial charge in [0.25, 0.3) is 0 Å². The van der Waals surface area contributed by atoms with Crippen molar-refractivity contribution < 1.29 is 9.53 Å². The van der Waals surface area contributed by atoms with Gasteiger partial charge in [-0.1, -0.05) is 6.08 Å². The molecule has 0 fully saturated rings. The van der Waals surface area contributed by atoms with Gasteiger partial charge in [0.05, 0.1) is 18.2 Å². The number of ether oxygens (including phenoxy) is 1. The first kappa shape index (κ1) is 12.6. The number of hydrogen-bond donors (Lipinski definition) is 1.